The maximum atomic E-state index is 5.89. The van der Waals surface area contributed by atoms with Gasteiger partial charge in [-0.25, -0.2) is 4.68 Å². The molecule has 0 spiro atoms. The summed E-state index contributed by atoms with van der Waals surface area (Å²) < 4.78 is 8.39. The maximum Gasteiger partial charge on any atom is 0.182 e. The fourth-order valence-corrected chi connectivity index (χ4v) is 3.08. The molecular weight excluding hydrogens is 322 g/mol. The Kier molecular flexibility index (Phi) is 3.71. The van der Waals surface area contributed by atoms with Crippen LogP contribution in [0.5, 0.6) is 0 Å². The van der Waals surface area contributed by atoms with Crippen LogP contribution in [-0.2, 0) is 4.74 Å². The minimum absolute atomic E-state index is 0.235. The zero-order chi connectivity index (χ0) is 14.1. The predicted octanol–water partition coefficient (Wildman–Crippen LogP) is 2.42. The zero-order valence-electron chi connectivity index (χ0n) is 11.2. The van der Waals surface area contributed by atoms with E-state index in [0.29, 0.717) is 5.69 Å². The van der Waals surface area contributed by atoms with Gasteiger partial charge in [-0.2, -0.15) is 0 Å². The summed E-state index contributed by atoms with van der Waals surface area (Å²) >= 11 is 3.45. The Labute approximate surface area is 125 Å². The summed E-state index contributed by atoms with van der Waals surface area (Å²) in [5.41, 5.74) is 7.49. The summed E-state index contributed by atoms with van der Waals surface area (Å²) in [7, 11) is 0. The van der Waals surface area contributed by atoms with E-state index in [-0.39, 0.29) is 12.1 Å². The first kappa shape index (κ1) is 13.5. The lowest BCUT2D eigenvalue weighted by molar-refractivity contribution is 0.00350. The Bertz CT molecular complexity index is 594. The third-order valence-corrected chi connectivity index (χ3v) is 3.93. The molecule has 7 heteroatoms. The molecule has 2 aromatic rings. The number of benzene rings is 1. The lowest BCUT2D eigenvalue weighted by Gasteiger charge is -2.27. The first-order valence-electron chi connectivity index (χ1n) is 6.59. The molecule has 2 heterocycles. The molecule has 0 amide bonds. The SMILES string of the molecule is CC1CC(n2nnnc2-c2cc(N)cc(Br)c2)CCO1. The Morgan fingerprint density at radius 3 is 3.00 bits per heavy atom. The number of ether oxygens (including phenoxy) is 1. The highest BCUT2D eigenvalue weighted by Crippen LogP contribution is 2.30. The number of hydrogen-bond acceptors (Lipinski definition) is 5. The highest BCUT2D eigenvalue weighted by molar-refractivity contribution is 9.10. The van der Waals surface area contributed by atoms with E-state index in [4.69, 9.17) is 10.5 Å². The van der Waals surface area contributed by atoms with Gasteiger partial charge in [-0.1, -0.05) is 15.9 Å². The van der Waals surface area contributed by atoms with Gasteiger partial charge in [0.25, 0.3) is 0 Å². The van der Waals surface area contributed by atoms with Gasteiger partial charge in [-0.3, -0.25) is 0 Å². The number of hydrogen-bond donors (Lipinski definition) is 1. The smallest absolute Gasteiger partial charge is 0.182 e. The lowest BCUT2D eigenvalue weighted by atomic mass is 10.0. The van der Waals surface area contributed by atoms with Crippen LogP contribution in [0.25, 0.3) is 11.4 Å². The maximum absolute atomic E-state index is 5.89. The van der Waals surface area contributed by atoms with E-state index in [1.165, 1.54) is 0 Å². The van der Waals surface area contributed by atoms with Crippen molar-refractivity contribution < 1.29 is 4.74 Å². The van der Waals surface area contributed by atoms with E-state index >= 15 is 0 Å². The molecule has 20 heavy (non-hydrogen) atoms. The standard InChI is InChI=1S/C13H16BrN5O/c1-8-4-12(2-3-20-8)19-13(16-17-18-19)9-5-10(14)7-11(15)6-9/h5-8,12H,2-4,15H2,1H3. The molecule has 0 aliphatic carbocycles. The Morgan fingerprint density at radius 2 is 2.25 bits per heavy atom. The van der Waals surface area contributed by atoms with Crippen molar-refractivity contribution in [1.29, 1.82) is 0 Å². The van der Waals surface area contributed by atoms with Crippen LogP contribution in [0, 0.1) is 0 Å². The minimum atomic E-state index is 0.235. The number of halogens is 1. The summed E-state index contributed by atoms with van der Waals surface area (Å²) in [6.07, 6.45) is 2.08. The van der Waals surface area contributed by atoms with Crippen LogP contribution in [-0.4, -0.2) is 32.9 Å². The normalized spacial score (nSPS) is 22.9. The number of aromatic nitrogens is 4. The van der Waals surface area contributed by atoms with Crippen LogP contribution < -0.4 is 5.73 Å². The molecule has 3 rings (SSSR count). The van der Waals surface area contributed by atoms with Gasteiger partial charge in [-0.05, 0) is 48.4 Å². The second-order valence-corrected chi connectivity index (χ2v) is 6.00. The van der Waals surface area contributed by atoms with Crippen molar-refractivity contribution in [3.8, 4) is 11.4 Å². The fourth-order valence-electron chi connectivity index (χ4n) is 2.57. The van der Waals surface area contributed by atoms with Crippen LogP contribution in [0.2, 0.25) is 0 Å². The van der Waals surface area contributed by atoms with Crippen molar-refractivity contribution in [3.63, 3.8) is 0 Å². The molecule has 1 fully saturated rings. The second kappa shape index (κ2) is 5.49. The van der Waals surface area contributed by atoms with Crippen molar-refractivity contribution in [2.45, 2.75) is 31.9 Å². The topological polar surface area (TPSA) is 78.9 Å². The van der Waals surface area contributed by atoms with Crippen LogP contribution >= 0.6 is 15.9 Å². The molecule has 1 saturated heterocycles. The summed E-state index contributed by atoms with van der Waals surface area (Å²) in [4.78, 5) is 0. The van der Waals surface area contributed by atoms with Crippen LogP contribution in [0.15, 0.2) is 22.7 Å². The molecule has 2 atom stereocenters. The number of nitrogens with two attached hydrogens (primary N) is 1. The minimum Gasteiger partial charge on any atom is -0.399 e. The first-order chi connectivity index (χ1) is 9.63. The third-order valence-electron chi connectivity index (χ3n) is 3.47. The quantitative estimate of drug-likeness (QED) is 0.851. The zero-order valence-corrected chi connectivity index (χ0v) is 12.7. The van der Waals surface area contributed by atoms with Gasteiger partial charge in [0.05, 0.1) is 12.1 Å². The van der Waals surface area contributed by atoms with E-state index < -0.39 is 0 Å². The summed E-state index contributed by atoms with van der Waals surface area (Å²) in [5, 5.41) is 12.1. The first-order valence-corrected chi connectivity index (χ1v) is 7.38. The average Bonchev–Trinajstić information content (AvgIpc) is 2.86. The number of nitrogen functional groups attached to an aromatic ring is 1. The van der Waals surface area contributed by atoms with Crippen LogP contribution in [0.4, 0.5) is 5.69 Å². The van der Waals surface area contributed by atoms with Gasteiger partial charge < -0.3 is 10.5 Å². The van der Waals surface area contributed by atoms with Gasteiger partial charge in [-0.15, -0.1) is 5.10 Å². The number of rotatable bonds is 2. The molecule has 6 nitrogen and oxygen atoms in total. The summed E-state index contributed by atoms with van der Waals surface area (Å²) in [5.74, 6) is 0.747. The molecule has 106 valence electrons. The molecule has 0 radical (unpaired) electrons. The second-order valence-electron chi connectivity index (χ2n) is 5.08. The highest BCUT2D eigenvalue weighted by Gasteiger charge is 2.25. The average molecular weight is 338 g/mol. The molecule has 1 aliphatic rings. The van der Waals surface area contributed by atoms with Crippen LogP contribution in [0.3, 0.4) is 0 Å². The summed E-state index contributed by atoms with van der Waals surface area (Å²) in [6.45, 7) is 2.82. The van der Waals surface area contributed by atoms with E-state index in [0.717, 1.165) is 35.3 Å². The molecule has 0 bridgehead atoms. The summed E-state index contributed by atoms with van der Waals surface area (Å²) in [6, 6.07) is 5.98. The molecular formula is C13H16BrN5O. The Morgan fingerprint density at radius 1 is 1.40 bits per heavy atom. The number of tetrazole rings is 1. The van der Waals surface area contributed by atoms with Gasteiger partial charge in [0.1, 0.15) is 0 Å². The number of nitrogens with zero attached hydrogens (tertiary/aromatic N) is 4. The Balaban J connectivity index is 1.97. The van der Waals surface area contributed by atoms with Crippen molar-refractivity contribution in [3.05, 3.63) is 22.7 Å². The van der Waals surface area contributed by atoms with E-state index in [1.54, 1.807) is 0 Å². The van der Waals surface area contributed by atoms with Crippen molar-refractivity contribution in [2.24, 2.45) is 0 Å². The van der Waals surface area contributed by atoms with Crippen molar-refractivity contribution in [1.82, 2.24) is 20.2 Å². The molecule has 2 unspecified atom stereocenters. The predicted molar refractivity (Wildman–Crippen MR) is 79.1 cm³/mol. The Hall–Kier alpha value is -1.47. The monoisotopic (exact) mass is 337 g/mol. The molecule has 1 aromatic heterocycles. The van der Waals surface area contributed by atoms with Gasteiger partial charge in [0.2, 0.25) is 0 Å². The number of anilines is 1. The van der Waals surface area contributed by atoms with E-state index in [9.17, 15) is 0 Å². The lowest BCUT2D eigenvalue weighted by Crippen LogP contribution is -2.26. The molecule has 2 N–H and O–H groups in total. The molecule has 1 aliphatic heterocycles. The van der Waals surface area contributed by atoms with E-state index in [1.807, 2.05) is 22.9 Å². The van der Waals surface area contributed by atoms with Crippen molar-refractivity contribution in [2.75, 3.05) is 12.3 Å². The third kappa shape index (κ3) is 2.69. The van der Waals surface area contributed by atoms with Gasteiger partial charge in [0.15, 0.2) is 5.82 Å². The van der Waals surface area contributed by atoms with Crippen molar-refractivity contribution >= 4 is 21.6 Å². The van der Waals surface area contributed by atoms with Gasteiger partial charge >= 0.3 is 0 Å². The van der Waals surface area contributed by atoms with Crippen LogP contribution in [0.1, 0.15) is 25.8 Å². The molecule has 1 aromatic carbocycles. The van der Waals surface area contributed by atoms with Gasteiger partial charge in [0, 0.05) is 22.3 Å². The highest BCUT2D eigenvalue weighted by atomic mass is 79.9. The molecule has 0 saturated carbocycles. The fraction of sp³-hybridized carbons (Fsp3) is 0.462. The van der Waals surface area contributed by atoms with E-state index in [2.05, 4.69) is 38.4 Å². The largest absolute Gasteiger partial charge is 0.399 e.